The Morgan fingerprint density at radius 1 is 1.44 bits per heavy atom. The average Bonchev–Trinajstić information content (AvgIpc) is 2.69. The lowest BCUT2D eigenvalue weighted by molar-refractivity contribution is -0.165. The lowest BCUT2D eigenvalue weighted by Crippen LogP contribution is -2.20. The molecule has 1 N–H and O–H groups in total. The van der Waals surface area contributed by atoms with E-state index in [-0.39, 0.29) is 5.03 Å². The Hall–Kier alpha value is -1.63. The Morgan fingerprint density at radius 2 is 2.17 bits per heavy atom. The van der Waals surface area contributed by atoms with E-state index in [0.29, 0.717) is 17.5 Å². The number of hydrogen-bond donors (Lipinski definition) is 1. The van der Waals surface area contributed by atoms with Crippen LogP contribution in [0, 0.1) is 0 Å². The summed E-state index contributed by atoms with van der Waals surface area (Å²) in [5.74, 6) is -1.37. The Balaban J connectivity index is 2.25. The van der Waals surface area contributed by atoms with Crippen molar-refractivity contribution < 1.29 is 22.7 Å². The van der Waals surface area contributed by atoms with Crippen LogP contribution in [-0.4, -0.2) is 19.1 Å². The first kappa shape index (κ1) is 12.8. The number of thioether (sulfide) groups is 1. The van der Waals surface area contributed by atoms with Crippen molar-refractivity contribution in [2.24, 2.45) is 0 Å². The van der Waals surface area contributed by atoms with Gasteiger partial charge in [0.1, 0.15) is 5.75 Å². The number of benzene rings is 1. The summed E-state index contributed by atoms with van der Waals surface area (Å²) in [5.41, 5.74) is 0.575. The molecular formula is C11H8F3NO2S. The van der Waals surface area contributed by atoms with Gasteiger partial charge in [-0.15, -0.1) is 0 Å². The minimum absolute atomic E-state index is 0.136. The van der Waals surface area contributed by atoms with Crippen LogP contribution in [0.15, 0.2) is 34.2 Å². The first-order chi connectivity index (χ1) is 8.41. The summed E-state index contributed by atoms with van der Waals surface area (Å²) in [6.07, 6.45) is -4.31. The number of carbonyl (C=O) groups is 1. The second-order valence-electron chi connectivity index (χ2n) is 3.43. The van der Waals surface area contributed by atoms with E-state index in [2.05, 4.69) is 5.32 Å². The highest BCUT2D eigenvalue weighted by Crippen LogP contribution is 2.45. The van der Waals surface area contributed by atoms with Crippen molar-refractivity contribution in [3.63, 3.8) is 0 Å². The van der Waals surface area contributed by atoms with E-state index in [0.717, 1.165) is 16.7 Å². The maximum Gasteiger partial charge on any atom is 0.454 e. The van der Waals surface area contributed by atoms with Crippen LogP contribution in [0.3, 0.4) is 0 Å². The zero-order valence-electron chi connectivity index (χ0n) is 9.17. The SMILES string of the molecule is COc1cccc2c1NC(=CC(=O)C(F)(F)F)S2. The fraction of sp³-hybridized carbons (Fsp3) is 0.182. The minimum atomic E-state index is -4.85. The molecule has 7 heteroatoms. The maximum absolute atomic E-state index is 12.1. The van der Waals surface area contributed by atoms with Gasteiger partial charge in [0.2, 0.25) is 0 Å². The number of anilines is 1. The summed E-state index contributed by atoms with van der Waals surface area (Å²) < 4.78 is 41.4. The van der Waals surface area contributed by atoms with E-state index < -0.39 is 12.0 Å². The largest absolute Gasteiger partial charge is 0.495 e. The third-order valence-corrected chi connectivity index (χ3v) is 3.22. The van der Waals surface area contributed by atoms with Crippen LogP contribution in [0.4, 0.5) is 18.9 Å². The molecule has 3 nitrogen and oxygen atoms in total. The Morgan fingerprint density at radius 3 is 2.78 bits per heavy atom. The van der Waals surface area contributed by atoms with Crippen LogP contribution < -0.4 is 10.1 Å². The molecule has 0 bridgehead atoms. The fourth-order valence-corrected chi connectivity index (χ4v) is 2.38. The van der Waals surface area contributed by atoms with Gasteiger partial charge in [-0.25, -0.2) is 0 Å². The number of ether oxygens (including phenoxy) is 1. The summed E-state index contributed by atoms with van der Waals surface area (Å²) in [5, 5.41) is 2.87. The molecule has 0 saturated heterocycles. The molecule has 1 aromatic rings. The van der Waals surface area contributed by atoms with E-state index in [1.54, 1.807) is 18.2 Å². The topological polar surface area (TPSA) is 38.3 Å². The second kappa shape index (κ2) is 4.56. The number of fused-ring (bicyclic) bond motifs is 1. The van der Waals surface area contributed by atoms with E-state index in [9.17, 15) is 18.0 Å². The molecule has 0 fully saturated rings. The highest BCUT2D eigenvalue weighted by molar-refractivity contribution is 8.03. The summed E-state index contributed by atoms with van der Waals surface area (Å²) >= 11 is 1.06. The molecular weight excluding hydrogens is 267 g/mol. The molecule has 0 amide bonds. The number of carbonyl (C=O) groups excluding carboxylic acids is 1. The number of ketones is 1. The van der Waals surface area contributed by atoms with Gasteiger partial charge in [0, 0.05) is 11.0 Å². The molecule has 0 spiro atoms. The molecule has 2 rings (SSSR count). The predicted molar refractivity (Wildman–Crippen MR) is 61.6 cm³/mol. The van der Waals surface area contributed by atoms with Gasteiger partial charge in [0.25, 0.3) is 5.78 Å². The molecule has 0 radical (unpaired) electrons. The van der Waals surface area contributed by atoms with Crippen LogP contribution in [0.2, 0.25) is 0 Å². The van der Waals surface area contributed by atoms with Gasteiger partial charge in [0.15, 0.2) is 0 Å². The number of halogens is 3. The van der Waals surface area contributed by atoms with E-state index in [4.69, 9.17) is 4.74 Å². The highest BCUT2D eigenvalue weighted by atomic mass is 32.2. The quantitative estimate of drug-likeness (QED) is 0.841. The molecule has 1 aliphatic rings. The molecule has 1 aliphatic heterocycles. The predicted octanol–water partition coefficient (Wildman–Crippen LogP) is 3.19. The summed E-state index contributed by atoms with van der Waals surface area (Å²) in [6, 6.07) is 5.14. The molecule has 96 valence electrons. The number of allylic oxidation sites excluding steroid dienone is 1. The third-order valence-electron chi connectivity index (χ3n) is 2.22. The smallest absolute Gasteiger partial charge is 0.454 e. The molecule has 0 aromatic heterocycles. The van der Waals surface area contributed by atoms with Crippen molar-refractivity contribution in [2.45, 2.75) is 11.1 Å². The first-order valence-corrected chi connectivity index (χ1v) is 5.68. The molecule has 0 saturated carbocycles. The molecule has 18 heavy (non-hydrogen) atoms. The van der Waals surface area contributed by atoms with Crippen molar-refractivity contribution in [1.29, 1.82) is 0 Å². The number of rotatable bonds is 2. The van der Waals surface area contributed by atoms with Crippen molar-refractivity contribution in [3.05, 3.63) is 29.3 Å². The summed E-state index contributed by atoms with van der Waals surface area (Å²) in [7, 11) is 1.46. The summed E-state index contributed by atoms with van der Waals surface area (Å²) in [4.78, 5) is 11.6. The molecule has 1 aromatic carbocycles. The average molecular weight is 275 g/mol. The number of methoxy groups -OCH3 is 1. The lowest BCUT2D eigenvalue weighted by atomic mass is 10.3. The van der Waals surface area contributed by atoms with Crippen molar-refractivity contribution >= 4 is 23.2 Å². The first-order valence-electron chi connectivity index (χ1n) is 4.86. The van der Waals surface area contributed by atoms with Crippen molar-refractivity contribution in [2.75, 3.05) is 12.4 Å². The van der Waals surface area contributed by atoms with Crippen molar-refractivity contribution in [1.82, 2.24) is 0 Å². The van der Waals surface area contributed by atoms with Gasteiger partial charge < -0.3 is 10.1 Å². The Labute approximate surface area is 105 Å². The third kappa shape index (κ3) is 2.45. The second-order valence-corrected chi connectivity index (χ2v) is 4.51. The molecule has 0 aliphatic carbocycles. The maximum atomic E-state index is 12.1. The van der Waals surface area contributed by atoms with Gasteiger partial charge in [-0.3, -0.25) is 4.79 Å². The number of alkyl halides is 3. The number of nitrogens with one attached hydrogen (secondary N) is 1. The van der Waals surface area contributed by atoms with Crippen molar-refractivity contribution in [3.8, 4) is 5.75 Å². The van der Waals surface area contributed by atoms with Gasteiger partial charge >= 0.3 is 6.18 Å². The van der Waals surface area contributed by atoms with E-state index in [1.807, 2.05) is 0 Å². The fourth-order valence-electron chi connectivity index (χ4n) is 1.42. The highest BCUT2D eigenvalue weighted by Gasteiger charge is 2.37. The Bertz CT molecular complexity index is 526. The van der Waals surface area contributed by atoms with Crippen LogP contribution in [0.1, 0.15) is 0 Å². The van der Waals surface area contributed by atoms with E-state index in [1.165, 1.54) is 7.11 Å². The van der Waals surface area contributed by atoms with E-state index >= 15 is 0 Å². The van der Waals surface area contributed by atoms with Gasteiger partial charge in [-0.1, -0.05) is 17.8 Å². The molecule has 1 heterocycles. The van der Waals surface area contributed by atoms with Gasteiger partial charge in [-0.2, -0.15) is 13.2 Å². The van der Waals surface area contributed by atoms with Crippen LogP contribution in [-0.2, 0) is 4.79 Å². The minimum Gasteiger partial charge on any atom is -0.495 e. The van der Waals surface area contributed by atoms with Crippen LogP contribution in [0.25, 0.3) is 0 Å². The normalized spacial score (nSPS) is 16.3. The standard InChI is InChI=1S/C11H8F3NO2S/c1-17-6-3-2-4-7-10(6)15-9(18-7)5-8(16)11(12,13)14/h2-5,15H,1H3. The monoisotopic (exact) mass is 275 g/mol. The molecule has 0 atom stereocenters. The van der Waals surface area contributed by atoms with Crippen LogP contribution in [0.5, 0.6) is 5.75 Å². The lowest BCUT2D eigenvalue weighted by Gasteiger charge is -2.05. The summed E-state index contributed by atoms with van der Waals surface area (Å²) in [6.45, 7) is 0. The zero-order chi connectivity index (χ0) is 13.3. The Kier molecular flexibility index (Phi) is 3.25. The number of hydrogen-bond acceptors (Lipinski definition) is 4. The number of para-hydroxylation sites is 1. The zero-order valence-corrected chi connectivity index (χ0v) is 9.98. The van der Waals surface area contributed by atoms with Crippen LogP contribution >= 0.6 is 11.8 Å². The van der Waals surface area contributed by atoms with Gasteiger partial charge in [0.05, 0.1) is 17.8 Å². The molecule has 0 unspecified atom stereocenters. The van der Waals surface area contributed by atoms with Gasteiger partial charge in [-0.05, 0) is 12.1 Å².